The first-order valence-electron chi connectivity index (χ1n) is 11.0. The number of phenolic OH excluding ortho intramolecular Hbond substituents is 1. The minimum absolute atomic E-state index is 0.0859. The highest BCUT2D eigenvalue weighted by Gasteiger charge is 2.16. The number of nitrogens with one attached hydrogen (secondary N) is 1. The molecule has 164 valence electrons. The Kier molecular flexibility index (Phi) is 7.45. The van der Waals surface area contributed by atoms with Gasteiger partial charge in [-0.3, -0.25) is 4.79 Å². The smallest absolute Gasteiger partial charge is 0.220 e. The number of hydrogen-bond donors (Lipinski definition) is 2. The molecule has 3 aromatic rings. The lowest BCUT2D eigenvalue weighted by Gasteiger charge is -2.24. The summed E-state index contributed by atoms with van der Waals surface area (Å²) in [5, 5.41) is 14.3. The number of fused-ring (bicyclic) bond motifs is 1. The van der Waals surface area contributed by atoms with Crippen LogP contribution < -0.4 is 10.2 Å². The lowest BCUT2D eigenvalue weighted by atomic mass is 10.1. The van der Waals surface area contributed by atoms with Gasteiger partial charge in [-0.25, -0.2) is 9.97 Å². The van der Waals surface area contributed by atoms with Crippen LogP contribution in [0, 0.1) is 12.8 Å². The number of carbonyl (C=O) groups excluding carboxylic acids is 1. The maximum Gasteiger partial charge on any atom is 0.220 e. The number of likely N-dealkylation sites (N-methyl/N-ethyl adjacent to an activating group) is 1. The molecule has 0 aliphatic rings. The molecule has 6 nitrogen and oxygen atoms in total. The first kappa shape index (κ1) is 22.5. The van der Waals surface area contributed by atoms with Crippen molar-refractivity contribution >= 4 is 22.6 Å². The van der Waals surface area contributed by atoms with Gasteiger partial charge >= 0.3 is 0 Å². The van der Waals surface area contributed by atoms with Gasteiger partial charge in [0.1, 0.15) is 11.6 Å². The number of aryl methyl sites for hydroxylation is 1. The highest BCUT2D eigenvalue weighted by Crippen LogP contribution is 2.31. The van der Waals surface area contributed by atoms with Gasteiger partial charge in [-0.1, -0.05) is 32.0 Å². The molecular weight excluding hydrogens is 388 g/mol. The maximum atomic E-state index is 12.1. The average molecular weight is 421 g/mol. The van der Waals surface area contributed by atoms with Crippen LogP contribution in [0.4, 0.5) is 5.82 Å². The summed E-state index contributed by atoms with van der Waals surface area (Å²) in [5.74, 6) is 2.05. The van der Waals surface area contributed by atoms with E-state index in [4.69, 9.17) is 9.97 Å². The number of amides is 1. The number of carbonyl (C=O) groups is 1. The van der Waals surface area contributed by atoms with Crippen LogP contribution in [0.5, 0.6) is 5.75 Å². The lowest BCUT2D eigenvalue weighted by Crippen LogP contribution is -2.35. The molecule has 0 saturated carbocycles. The molecule has 0 radical (unpaired) electrons. The van der Waals surface area contributed by atoms with E-state index in [1.165, 1.54) is 0 Å². The summed E-state index contributed by atoms with van der Waals surface area (Å²) >= 11 is 0. The zero-order valence-electron chi connectivity index (χ0n) is 18.9. The quantitative estimate of drug-likeness (QED) is 0.525. The van der Waals surface area contributed by atoms with Crippen molar-refractivity contribution in [1.29, 1.82) is 0 Å². The molecule has 0 atom stereocenters. The number of hydrogen-bond acceptors (Lipinski definition) is 5. The predicted octanol–water partition coefficient (Wildman–Crippen LogP) is 4.69. The largest absolute Gasteiger partial charge is 0.507 e. The molecule has 0 aliphatic carbocycles. The molecular formula is C25H32N4O2. The minimum Gasteiger partial charge on any atom is -0.507 e. The SMILES string of the molecule is CCN(CCNC(=O)CCC(C)C)c1nc(-c2ccccc2O)nc2cc(C)ccc12. The minimum atomic E-state index is 0.0859. The summed E-state index contributed by atoms with van der Waals surface area (Å²) in [7, 11) is 0. The Hall–Kier alpha value is -3.15. The third kappa shape index (κ3) is 5.72. The second kappa shape index (κ2) is 10.2. The number of anilines is 1. The maximum absolute atomic E-state index is 12.1. The molecule has 0 spiro atoms. The van der Waals surface area contributed by atoms with E-state index >= 15 is 0 Å². The molecule has 0 unspecified atom stereocenters. The van der Waals surface area contributed by atoms with Gasteiger partial charge in [0.25, 0.3) is 0 Å². The molecule has 1 heterocycles. The van der Waals surface area contributed by atoms with Crippen molar-refractivity contribution in [2.45, 2.75) is 40.5 Å². The van der Waals surface area contributed by atoms with Gasteiger partial charge < -0.3 is 15.3 Å². The lowest BCUT2D eigenvalue weighted by molar-refractivity contribution is -0.121. The molecule has 6 heteroatoms. The first-order chi connectivity index (χ1) is 14.9. The van der Waals surface area contributed by atoms with E-state index in [2.05, 4.69) is 37.1 Å². The average Bonchev–Trinajstić information content (AvgIpc) is 2.74. The van der Waals surface area contributed by atoms with Crippen molar-refractivity contribution in [2.75, 3.05) is 24.5 Å². The summed E-state index contributed by atoms with van der Waals surface area (Å²) in [6.07, 6.45) is 1.44. The summed E-state index contributed by atoms with van der Waals surface area (Å²) in [6, 6.07) is 13.2. The van der Waals surface area contributed by atoms with Crippen molar-refractivity contribution < 1.29 is 9.90 Å². The van der Waals surface area contributed by atoms with Crippen molar-refractivity contribution in [1.82, 2.24) is 15.3 Å². The van der Waals surface area contributed by atoms with E-state index in [1.54, 1.807) is 12.1 Å². The highest BCUT2D eigenvalue weighted by molar-refractivity contribution is 5.92. The van der Waals surface area contributed by atoms with Crippen molar-refractivity contribution in [2.24, 2.45) is 5.92 Å². The fraction of sp³-hybridized carbons (Fsp3) is 0.400. The van der Waals surface area contributed by atoms with Crippen LogP contribution in [0.2, 0.25) is 0 Å². The Morgan fingerprint density at radius 2 is 1.94 bits per heavy atom. The van der Waals surface area contributed by atoms with Crippen LogP contribution in [-0.2, 0) is 4.79 Å². The number of benzene rings is 2. The van der Waals surface area contributed by atoms with Gasteiger partial charge in [-0.2, -0.15) is 0 Å². The molecule has 1 amide bonds. The normalized spacial score (nSPS) is 11.1. The number of aromatic hydroxyl groups is 1. The number of phenols is 1. The summed E-state index contributed by atoms with van der Waals surface area (Å²) < 4.78 is 0. The van der Waals surface area contributed by atoms with E-state index in [0.29, 0.717) is 36.8 Å². The molecule has 1 aromatic heterocycles. The molecule has 0 bridgehead atoms. The van der Waals surface area contributed by atoms with Gasteiger partial charge in [0.15, 0.2) is 5.82 Å². The van der Waals surface area contributed by atoms with Crippen LogP contribution >= 0.6 is 0 Å². The van der Waals surface area contributed by atoms with Crippen molar-refractivity contribution in [3.8, 4) is 17.1 Å². The Labute approximate surface area is 184 Å². The Bertz CT molecular complexity index is 1050. The van der Waals surface area contributed by atoms with E-state index in [9.17, 15) is 9.90 Å². The van der Waals surface area contributed by atoms with Crippen LogP contribution in [0.25, 0.3) is 22.3 Å². The Morgan fingerprint density at radius 3 is 2.65 bits per heavy atom. The van der Waals surface area contributed by atoms with Gasteiger partial charge in [0, 0.05) is 31.4 Å². The zero-order chi connectivity index (χ0) is 22.4. The molecule has 3 rings (SSSR count). The van der Waals surface area contributed by atoms with Gasteiger partial charge in [0.05, 0.1) is 11.1 Å². The van der Waals surface area contributed by atoms with E-state index in [1.807, 2.05) is 31.2 Å². The zero-order valence-corrected chi connectivity index (χ0v) is 18.9. The fourth-order valence-electron chi connectivity index (χ4n) is 3.50. The molecule has 0 fully saturated rings. The fourth-order valence-corrected chi connectivity index (χ4v) is 3.50. The molecule has 0 saturated heterocycles. The van der Waals surface area contributed by atoms with Crippen LogP contribution in [0.3, 0.4) is 0 Å². The number of aromatic nitrogens is 2. The highest BCUT2D eigenvalue weighted by atomic mass is 16.3. The second-order valence-electron chi connectivity index (χ2n) is 8.27. The summed E-state index contributed by atoms with van der Waals surface area (Å²) in [6.45, 7) is 10.3. The third-order valence-corrected chi connectivity index (χ3v) is 5.31. The first-order valence-corrected chi connectivity index (χ1v) is 11.0. The summed E-state index contributed by atoms with van der Waals surface area (Å²) in [4.78, 5) is 23.8. The van der Waals surface area contributed by atoms with E-state index in [0.717, 1.165) is 35.2 Å². The van der Waals surface area contributed by atoms with Gasteiger partial charge in [-0.05, 0) is 56.0 Å². The predicted molar refractivity (Wildman–Crippen MR) is 126 cm³/mol. The number of rotatable bonds is 9. The molecule has 2 N–H and O–H groups in total. The Balaban J connectivity index is 1.89. The van der Waals surface area contributed by atoms with Gasteiger partial charge in [0.2, 0.25) is 5.91 Å². The van der Waals surface area contributed by atoms with Crippen LogP contribution in [0.1, 0.15) is 39.2 Å². The van der Waals surface area contributed by atoms with Crippen LogP contribution in [-0.4, -0.2) is 40.6 Å². The van der Waals surface area contributed by atoms with Crippen LogP contribution in [0.15, 0.2) is 42.5 Å². The molecule has 2 aromatic carbocycles. The van der Waals surface area contributed by atoms with E-state index in [-0.39, 0.29) is 11.7 Å². The third-order valence-electron chi connectivity index (χ3n) is 5.31. The standard InChI is InChI=1S/C25H32N4O2/c1-5-29(15-14-26-23(31)13-10-17(2)3)25-19-12-11-18(4)16-21(19)27-24(28-25)20-8-6-7-9-22(20)30/h6-9,11-12,16-17,30H,5,10,13-15H2,1-4H3,(H,26,31). The monoisotopic (exact) mass is 420 g/mol. The topological polar surface area (TPSA) is 78.4 Å². The van der Waals surface area contributed by atoms with E-state index < -0.39 is 0 Å². The number of para-hydroxylation sites is 1. The molecule has 0 aliphatic heterocycles. The summed E-state index contributed by atoms with van der Waals surface area (Å²) in [5.41, 5.74) is 2.55. The Morgan fingerprint density at radius 1 is 1.16 bits per heavy atom. The number of nitrogens with zero attached hydrogens (tertiary/aromatic N) is 3. The van der Waals surface area contributed by atoms with Crippen molar-refractivity contribution in [3.63, 3.8) is 0 Å². The molecule has 31 heavy (non-hydrogen) atoms. The van der Waals surface area contributed by atoms with Crippen molar-refractivity contribution in [3.05, 3.63) is 48.0 Å². The van der Waals surface area contributed by atoms with Gasteiger partial charge in [-0.15, -0.1) is 0 Å². The second-order valence-corrected chi connectivity index (χ2v) is 8.27.